The van der Waals surface area contributed by atoms with Crippen molar-refractivity contribution in [1.82, 2.24) is 14.8 Å². The topological polar surface area (TPSA) is 67.8 Å². The molecule has 54 valence electrons. The van der Waals surface area contributed by atoms with Crippen LogP contribution >= 0.6 is 0 Å². The number of H-pyrrole nitrogens is 1. The van der Waals surface area contributed by atoms with E-state index in [9.17, 15) is 9.59 Å². The van der Waals surface area contributed by atoms with Gasteiger partial charge in [-0.2, -0.15) is 0 Å². The maximum atomic E-state index is 10.6. The minimum absolute atomic E-state index is 0.104. The van der Waals surface area contributed by atoms with E-state index in [1.165, 1.54) is 14.0 Å². The molecule has 10 heavy (non-hydrogen) atoms. The summed E-state index contributed by atoms with van der Waals surface area (Å²) in [4.78, 5) is 23.5. The van der Waals surface area contributed by atoms with Crippen LogP contribution in [0.4, 0.5) is 0 Å². The molecule has 1 heterocycles. The number of carbonyl (C=O) groups excluding carboxylic acids is 1. The van der Waals surface area contributed by atoms with Gasteiger partial charge in [0.15, 0.2) is 11.6 Å². The largest absolute Gasteiger partial charge is 0.343 e. The molecule has 1 rings (SSSR count). The highest BCUT2D eigenvalue weighted by molar-refractivity contribution is 5.89. The Balaban J connectivity index is 3.23. The molecule has 0 spiro atoms. The third-order valence-electron chi connectivity index (χ3n) is 1.10. The zero-order chi connectivity index (χ0) is 7.72. The molecule has 0 aromatic carbocycles. The molecule has 1 aromatic rings. The van der Waals surface area contributed by atoms with E-state index in [4.69, 9.17) is 0 Å². The van der Waals surface area contributed by atoms with Crippen molar-refractivity contribution in [2.45, 2.75) is 6.92 Å². The van der Waals surface area contributed by atoms with Crippen molar-refractivity contribution >= 4 is 5.78 Å². The first-order valence-electron chi connectivity index (χ1n) is 2.75. The van der Waals surface area contributed by atoms with E-state index in [-0.39, 0.29) is 17.3 Å². The summed E-state index contributed by atoms with van der Waals surface area (Å²) >= 11 is 0. The lowest BCUT2D eigenvalue weighted by molar-refractivity contribution is 0.100. The predicted molar refractivity (Wildman–Crippen MR) is 33.8 cm³/mol. The number of nitrogens with zero attached hydrogens (tertiary/aromatic N) is 2. The van der Waals surface area contributed by atoms with Gasteiger partial charge in [-0.3, -0.25) is 9.78 Å². The van der Waals surface area contributed by atoms with Gasteiger partial charge >= 0.3 is 5.69 Å². The van der Waals surface area contributed by atoms with Crippen LogP contribution in [0.15, 0.2) is 4.79 Å². The second-order valence-electron chi connectivity index (χ2n) is 1.96. The van der Waals surface area contributed by atoms with Crippen LogP contribution in [0.2, 0.25) is 0 Å². The number of aryl methyl sites for hydroxylation is 1. The fraction of sp³-hybridized carbons (Fsp3) is 0.400. The monoisotopic (exact) mass is 141 g/mol. The number of rotatable bonds is 1. The smallest absolute Gasteiger partial charge is 0.291 e. The van der Waals surface area contributed by atoms with Crippen LogP contribution in [-0.4, -0.2) is 20.5 Å². The number of Topliss-reactive ketones (excluding diaryl/α,β-unsaturated/α-hetero) is 1. The molecule has 0 radical (unpaired) electrons. The van der Waals surface area contributed by atoms with Crippen molar-refractivity contribution in [2.75, 3.05) is 0 Å². The molecule has 0 aliphatic carbocycles. The zero-order valence-corrected chi connectivity index (χ0v) is 5.71. The van der Waals surface area contributed by atoms with Crippen molar-refractivity contribution in [2.24, 2.45) is 7.05 Å². The Kier molecular flexibility index (Phi) is 1.41. The first-order valence-corrected chi connectivity index (χ1v) is 2.75. The Labute approximate surface area is 56.7 Å². The van der Waals surface area contributed by atoms with Gasteiger partial charge in [0.05, 0.1) is 0 Å². The standard InChI is InChI=1S/C5H7N3O2/c1-3(9)4-6-5(10)8(2)7-4/h1-2H3,(H,6,7,10). The Bertz CT molecular complexity index is 309. The fourth-order valence-electron chi connectivity index (χ4n) is 0.561. The number of aromatic nitrogens is 3. The van der Waals surface area contributed by atoms with Crippen molar-refractivity contribution < 1.29 is 4.79 Å². The Morgan fingerprint density at radius 1 is 1.70 bits per heavy atom. The number of aromatic amines is 1. The molecule has 1 N–H and O–H groups in total. The zero-order valence-electron chi connectivity index (χ0n) is 5.71. The van der Waals surface area contributed by atoms with E-state index in [0.29, 0.717) is 0 Å². The minimum Gasteiger partial charge on any atom is -0.291 e. The van der Waals surface area contributed by atoms with Gasteiger partial charge < -0.3 is 0 Å². The molecule has 0 saturated carbocycles. The molecular weight excluding hydrogens is 134 g/mol. The number of hydrogen-bond acceptors (Lipinski definition) is 3. The van der Waals surface area contributed by atoms with Gasteiger partial charge in [-0.15, -0.1) is 5.10 Å². The summed E-state index contributed by atoms with van der Waals surface area (Å²) in [6.07, 6.45) is 0. The minimum atomic E-state index is -0.370. The molecule has 0 fully saturated rings. The van der Waals surface area contributed by atoms with Crippen molar-refractivity contribution in [1.29, 1.82) is 0 Å². The summed E-state index contributed by atoms with van der Waals surface area (Å²) in [7, 11) is 1.48. The summed E-state index contributed by atoms with van der Waals surface area (Å²) in [5.41, 5.74) is -0.370. The second kappa shape index (κ2) is 2.09. The van der Waals surface area contributed by atoms with Crippen molar-refractivity contribution in [3.05, 3.63) is 16.3 Å². The second-order valence-corrected chi connectivity index (χ2v) is 1.96. The molecule has 0 aliphatic heterocycles. The van der Waals surface area contributed by atoms with Crippen LogP contribution in [0.1, 0.15) is 17.5 Å². The maximum Gasteiger partial charge on any atom is 0.343 e. The summed E-state index contributed by atoms with van der Waals surface area (Å²) in [6, 6.07) is 0. The van der Waals surface area contributed by atoms with Crippen LogP contribution < -0.4 is 5.69 Å². The molecule has 1 aromatic heterocycles. The Morgan fingerprint density at radius 3 is 2.50 bits per heavy atom. The number of carbonyl (C=O) groups is 1. The van der Waals surface area contributed by atoms with E-state index < -0.39 is 0 Å². The number of ketones is 1. The van der Waals surface area contributed by atoms with E-state index in [0.717, 1.165) is 4.68 Å². The van der Waals surface area contributed by atoms with Gasteiger partial charge in [0.25, 0.3) is 0 Å². The fourth-order valence-corrected chi connectivity index (χ4v) is 0.561. The summed E-state index contributed by atoms with van der Waals surface area (Å²) in [5.74, 6) is -0.134. The number of nitrogens with one attached hydrogen (secondary N) is 1. The van der Waals surface area contributed by atoms with E-state index in [1.807, 2.05) is 0 Å². The Hall–Kier alpha value is -1.39. The summed E-state index contributed by atoms with van der Waals surface area (Å²) in [5, 5.41) is 3.61. The molecule has 0 saturated heterocycles. The third-order valence-corrected chi connectivity index (χ3v) is 1.10. The van der Waals surface area contributed by atoms with Crippen LogP contribution in [0, 0.1) is 0 Å². The van der Waals surface area contributed by atoms with Crippen LogP contribution in [0.25, 0.3) is 0 Å². The van der Waals surface area contributed by atoms with Gasteiger partial charge in [0.2, 0.25) is 0 Å². The highest BCUT2D eigenvalue weighted by Gasteiger charge is 2.04. The lowest BCUT2D eigenvalue weighted by Gasteiger charge is -1.80. The quantitative estimate of drug-likeness (QED) is 0.526. The first-order chi connectivity index (χ1) is 4.61. The van der Waals surface area contributed by atoms with E-state index in [1.54, 1.807) is 0 Å². The molecule has 0 bridgehead atoms. The highest BCUT2D eigenvalue weighted by atomic mass is 16.2. The van der Waals surface area contributed by atoms with Gasteiger partial charge in [-0.25, -0.2) is 9.48 Å². The first kappa shape index (κ1) is 6.73. The average molecular weight is 141 g/mol. The molecule has 0 atom stereocenters. The van der Waals surface area contributed by atoms with Crippen molar-refractivity contribution in [3.63, 3.8) is 0 Å². The van der Waals surface area contributed by atoms with Crippen LogP contribution in [0.5, 0.6) is 0 Å². The van der Waals surface area contributed by atoms with E-state index in [2.05, 4.69) is 10.1 Å². The molecule has 5 nitrogen and oxygen atoms in total. The predicted octanol–water partition coefficient (Wildman–Crippen LogP) is -0.689. The lowest BCUT2D eigenvalue weighted by atomic mass is 10.4. The van der Waals surface area contributed by atoms with Gasteiger partial charge in [0.1, 0.15) is 0 Å². The average Bonchev–Trinajstić information content (AvgIpc) is 2.13. The SMILES string of the molecule is CC(=O)c1nn(C)c(=O)[nH]1. The third kappa shape index (κ3) is 0.975. The summed E-state index contributed by atoms with van der Waals surface area (Å²) in [6.45, 7) is 1.35. The highest BCUT2D eigenvalue weighted by Crippen LogP contribution is 1.83. The normalized spacial score (nSPS) is 9.80. The number of hydrogen-bond donors (Lipinski definition) is 1. The van der Waals surface area contributed by atoms with Crippen molar-refractivity contribution in [3.8, 4) is 0 Å². The molecular formula is C5H7N3O2. The molecule has 0 unspecified atom stereocenters. The van der Waals surface area contributed by atoms with Gasteiger partial charge in [-0.05, 0) is 0 Å². The van der Waals surface area contributed by atoms with Crippen LogP contribution in [0.3, 0.4) is 0 Å². The molecule has 0 aliphatic rings. The molecule has 5 heteroatoms. The summed E-state index contributed by atoms with van der Waals surface area (Å²) < 4.78 is 1.08. The Morgan fingerprint density at radius 2 is 2.30 bits per heavy atom. The maximum absolute atomic E-state index is 10.6. The lowest BCUT2D eigenvalue weighted by Crippen LogP contribution is -2.13. The van der Waals surface area contributed by atoms with Gasteiger partial charge in [-0.1, -0.05) is 0 Å². The van der Waals surface area contributed by atoms with E-state index >= 15 is 0 Å². The van der Waals surface area contributed by atoms with Gasteiger partial charge in [0, 0.05) is 14.0 Å². The molecule has 0 amide bonds. The van der Waals surface area contributed by atoms with Crippen LogP contribution in [-0.2, 0) is 7.05 Å².